The number of H-pyrrole nitrogens is 1. The van der Waals surface area contributed by atoms with Crippen molar-refractivity contribution in [1.29, 1.82) is 0 Å². The minimum absolute atomic E-state index is 0.0599. The van der Waals surface area contributed by atoms with E-state index in [9.17, 15) is 4.79 Å². The minimum atomic E-state index is -0.151. The molecule has 0 spiro atoms. The minimum Gasteiger partial charge on any atom is -0.486 e. The average Bonchev–Trinajstić information content (AvgIpc) is 3.12. The summed E-state index contributed by atoms with van der Waals surface area (Å²) in [6.07, 6.45) is 0.293. The van der Waals surface area contributed by atoms with Crippen LogP contribution in [-0.4, -0.2) is 33.9 Å². The van der Waals surface area contributed by atoms with Crippen LogP contribution in [0.25, 0.3) is 11.4 Å². The highest BCUT2D eigenvalue weighted by Crippen LogP contribution is 2.32. The zero-order chi connectivity index (χ0) is 21.1. The molecule has 2 heterocycles. The van der Waals surface area contributed by atoms with Crippen molar-refractivity contribution in [2.75, 3.05) is 13.2 Å². The lowest BCUT2D eigenvalue weighted by Crippen LogP contribution is -2.27. The molecule has 1 aromatic heterocycles. The molecule has 30 heavy (non-hydrogen) atoms. The van der Waals surface area contributed by atoms with E-state index in [0.29, 0.717) is 36.7 Å². The second-order valence-corrected chi connectivity index (χ2v) is 7.70. The lowest BCUT2D eigenvalue weighted by atomic mass is 10.1. The maximum absolute atomic E-state index is 12.6. The number of aromatic nitrogens is 3. The molecule has 7 nitrogen and oxygen atoms in total. The van der Waals surface area contributed by atoms with Crippen molar-refractivity contribution in [2.24, 2.45) is 0 Å². The molecule has 3 aromatic rings. The van der Waals surface area contributed by atoms with Gasteiger partial charge in [-0.25, -0.2) is 0 Å². The number of amides is 1. The monoisotopic (exact) mass is 424 g/mol. The molecule has 0 saturated carbocycles. The van der Waals surface area contributed by atoms with E-state index in [-0.39, 0.29) is 11.9 Å². The van der Waals surface area contributed by atoms with E-state index in [1.54, 1.807) is 0 Å². The van der Waals surface area contributed by atoms with E-state index in [4.69, 9.17) is 21.7 Å². The fourth-order valence-corrected chi connectivity index (χ4v) is 3.61. The van der Waals surface area contributed by atoms with Crippen molar-refractivity contribution >= 4 is 18.1 Å². The van der Waals surface area contributed by atoms with E-state index in [2.05, 4.69) is 15.5 Å². The fourth-order valence-electron chi connectivity index (χ4n) is 3.39. The van der Waals surface area contributed by atoms with Gasteiger partial charge in [0.05, 0.1) is 6.04 Å². The van der Waals surface area contributed by atoms with E-state index >= 15 is 0 Å². The fraction of sp³-hybridized carbons (Fsp3) is 0.318. The summed E-state index contributed by atoms with van der Waals surface area (Å²) in [4.78, 5) is 12.6. The van der Waals surface area contributed by atoms with Crippen LogP contribution in [0.4, 0.5) is 0 Å². The number of ether oxygens (including phenoxy) is 2. The summed E-state index contributed by atoms with van der Waals surface area (Å²) in [6.45, 7) is 5.52. The van der Waals surface area contributed by atoms with Gasteiger partial charge in [-0.1, -0.05) is 35.9 Å². The molecular weight excluding hydrogens is 400 g/mol. The molecule has 2 aromatic carbocycles. The maximum Gasteiger partial charge on any atom is 0.222 e. The zero-order valence-corrected chi connectivity index (χ0v) is 17.8. The summed E-state index contributed by atoms with van der Waals surface area (Å²) in [7, 11) is 0. The molecule has 156 valence electrons. The Kier molecular flexibility index (Phi) is 5.85. The van der Waals surface area contributed by atoms with Crippen LogP contribution in [0.3, 0.4) is 0 Å². The summed E-state index contributed by atoms with van der Waals surface area (Å²) in [6, 6.07) is 13.6. The number of fused-ring (bicyclic) bond motifs is 1. The smallest absolute Gasteiger partial charge is 0.222 e. The lowest BCUT2D eigenvalue weighted by Gasteiger charge is -2.21. The van der Waals surface area contributed by atoms with Crippen molar-refractivity contribution < 1.29 is 14.3 Å². The number of hydrogen-bond acceptors (Lipinski definition) is 5. The maximum atomic E-state index is 12.6. The Balaban J connectivity index is 1.40. The molecule has 4 rings (SSSR count). The average molecular weight is 425 g/mol. The molecule has 8 heteroatoms. The molecule has 1 aliphatic rings. The summed E-state index contributed by atoms with van der Waals surface area (Å²) < 4.78 is 13.5. The SMILES string of the molecule is Cc1ccc(-c2n[nH]c(=S)n2CCC(=O)NC(C)c2ccc3c(c2)OCCO3)cc1. The number of carbonyl (C=O) groups excluding carboxylic acids is 1. The van der Waals surface area contributed by atoms with Gasteiger partial charge in [-0.05, 0) is 43.8 Å². The molecule has 1 aliphatic heterocycles. The number of aromatic amines is 1. The third-order valence-electron chi connectivity index (χ3n) is 5.07. The molecule has 1 atom stereocenters. The van der Waals surface area contributed by atoms with Crippen LogP contribution in [0, 0.1) is 11.7 Å². The van der Waals surface area contributed by atoms with Crippen molar-refractivity contribution in [3.05, 3.63) is 58.4 Å². The summed E-state index contributed by atoms with van der Waals surface area (Å²) in [5.41, 5.74) is 3.10. The van der Waals surface area contributed by atoms with Crippen molar-refractivity contribution in [3.8, 4) is 22.9 Å². The highest BCUT2D eigenvalue weighted by Gasteiger charge is 2.16. The van der Waals surface area contributed by atoms with Crippen LogP contribution in [0.2, 0.25) is 0 Å². The van der Waals surface area contributed by atoms with Crippen LogP contribution in [0.15, 0.2) is 42.5 Å². The van der Waals surface area contributed by atoms with Gasteiger partial charge >= 0.3 is 0 Å². The van der Waals surface area contributed by atoms with Crippen molar-refractivity contribution in [2.45, 2.75) is 32.9 Å². The Labute approximate surface area is 180 Å². The van der Waals surface area contributed by atoms with E-state index in [1.807, 2.05) is 60.9 Å². The highest BCUT2D eigenvalue weighted by molar-refractivity contribution is 7.71. The first-order valence-electron chi connectivity index (χ1n) is 9.92. The number of aryl methyl sites for hydroxylation is 1. The van der Waals surface area contributed by atoms with E-state index < -0.39 is 0 Å². The van der Waals surface area contributed by atoms with Gasteiger partial charge < -0.3 is 14.8 Å². The molecule has 0 saturated heterocycles. The first kappa shape index (κ1) is 20.2. The molecule has 2 N–H and O–H groups in total. The number of rotatable bonds is 6. The Morgan fingerprint density at radius 2 is 1.93 bits per heavy atom. The first-order valence-corrected chi connectivity index (χ1v) is 10.3. The standard InChI is InChI=1S/C22H24N4O3S/c1-14-3-5-16(6-4-14)21-24-25-22(30)26(21)10-9-20(27)23-15(2)17-7-8-18-19(13-17)29-12-11-28-18/h3-8,13,15H,9-12H2,1-2H3,(H,23,27)(H,25,30). The largest absolute Gasteiger partial charge is 0.486 e. The number of nitrogens with one attached hydrogen (secondary N) is 2. The second-order valence-electron chi connectivity index (χ2n) is 7.31. The van der Waals surface area contributed by atoms with E-state index in [1.165, 1.54) is 5.56 Å². The summed E-state index contributed by atoms with van der Waals surface area (Å²) >= 11 is 5.36. The van der Waals surface area contributed by atoms with Gasteiger partial charge in [0.15, 0.2) is 22.1 Å². The molecule has 0 aliphatic carbocycles. The Morgan fingerprint density at radius 1 is 1.20 bits per heavy atom. The summed E-state index contributed by atoms with van der Waals surface area (Å²) in [5.74, 6) is 2.12. The molecule has 0 bridgehead atoms. The number of carbonyl (C=O) groups is 1. The van der Waals surface area contributed by atoms with Gasteiger partial charge in [0, 0.05) is 18.5 Å². The molecule has 0 radical (unpaired) electrons. The van der Waals surface area contributed by atoms with Crippen LogP contribution in [0.5, 0.6) is 11.5 Å². The van der Waals surface area contributed by atoms with Crippen molar-refractivity contribution in [3.63, 3.8) is 0 Å². The molecular formula is C22H24N4O3S. The van der Waals surface area contributed by atoms with Gasteiger partial charge in [0.2, 0.25) is 5.91 Å². The van der Waals surface area contributed by atoms with Gasteiger partial charge in [-0.2, -0.15) is 5.10 Å². The normalized spacial score (nSPS) is 13.7. The predicted molar refractivity (Wildman–Crippen MR) is 116 cm³/mol. The lowest BCUT2D eigenvalue weighted by molar-refractivity contribution is -0.121. The van der Waals surface area contributed by atoms with Gasteiger partial charge in [0.1, 0.15) is 13.2 Å². The third-order valence-corrected chi connectivity index (χ3v) is 5.39. The number of hydrogen-bond donors (Lipinski definition) is 2. The number of nitrogens with zero attached hydrogens (tertiary/aromatic N) is 2. The molecule has 0 fully saturated rings. The summed E-state index contributed by atoms with van der Waals surface area (Å²) in [5, 5.41) is 10.2. The Hall–Kier alpha value is -3.13. The molecule has 1 unspecified atom stereocenters. The van der Waals surface area contributed by atoms with Crippen LogP contribution in [0.1, 0.15) is 30.5 Å². The van der Waals surface area contributed by atoms with Crippen molar-refractivity contribution in [1.82, 2.24) is 20.1 Å². The predicted octanol–water partition coefficient (Wildman–Crippen LogP) is 3.95. The van der Waals surface area contributed by atoms with Gasteiger partial charge in [-0.15, -0.1) is 0 Å². The zero-order valence-electron chi connectivity index (χ0n) is 17.0. The number of benzene rings is 2. The Morgan fingerprint density at radius 3 is 2.70 bits per heavy atom. The topological polar surface area (TPSA) is 81.2 Å². The van der Waals surface area contributed by atoms with Crippen LogP contribution >= 0.6 is 12.2 Å². The second kappa shape index (κ2) is 8.71. The van der Waals surface area contributed by atoms with Gasteiger partial charge in [0.25, 0.3) is 0 Å². The van der Waals surface area contributed by atoms with Crippen LogP contribution < -0.4 is 14.8 Å². The Bertz CT molecular complexity index is 1100. The first-order chi connectivity index (χ1) is 14.5. The van der Waals surface area contributed by atoms with E-state index in [0.717, 1.165) is 22.7 Å². The quantitative estimate of drug-likeness (QED) is 0.586. The highest BCUT2D eigenvalue weighted by atomic mass is 32.1. The molecule has 1 amide bonds. The van der Waals surface area contributed by atoms with Gasteiger partial charge in [-0.3, -0.25) is 14.5 Å². The van der Waals surface area contributed by atoms with Crippen LogP contribution in [-0.2, 0) is 11.3 Å². The third kappa shape index (κ3) is 4.38.